The van der Waals surface area contributed by atoms with E-state index in [-0.39, 0.29) is 5.97 Å². The molecule has 0 atom stereocenters. The molecule has 0 saturated carbocycles. The number of carbonyl (C=O) groups is 1. The number of rotatable bonds is 3. The molecule has 0 radical (unpaired) electrons. The number of methoxy groups -OCH3 is 1. The van der Waals surface area contributed by atoms with Gasteiger partial charge < -0.3 is 9.64 Å². The van der Waals surface area contributed by atoms with Crippen LogP contribution in [-0.2, 0) is 16.1 Å². The Bertz CT molecular complexity index is 411. The quantitative estimate of drug-likeness (QED) is 0.748. The predicted octanol–water partition coefficient (Wildman–Crippen LogP) is 2.34. The highest BCUT2D eigenvalue weighted by atomic mass is 16.5. The van der Waals surface area contributed by atoms with Gasteiger partial charge in [0.2, 0.25) is 0 Å². The van der Waals surface area contributed by atoms with Crippen molar-refractivity contribution < 1.29 is 9.53 Å². The van der Waals surface area contributed by atoms with Gasteiger partial charge in [-0.05, 0) is 18.4 Å². The normalized spacial score (nSPS) is 15.4. The minimum Gasteiger partial charge on any atom is -0.464 e. The summed E-state index contributed by atoms with van der Waals surface area (Å²) < 4.78 is 4.81. The number of nitrogens with zero attached hydrogens (tertiary/aromatic N) is 1. The first-order chi connectivity index (χ1) is 8.31. The van der Waals surface area contributed by atoms with Crippen LogP contribution in [0.5, 0.6) is 0 Å². The van der Waals surface area contributed by atoms with Crippen molar-refractivity contribution in [1.82, 2.24) is 4.90 Å². The topological polar surface area (TPSA) is 29.5 Å². The van der Waals surface area contributed by atoms with E-state index in [1.54, 1.807) is 0 Å². The highest BCUT2D eigenvalue weighted by Gasteiger charge is 2.20. The summed E-state index contributed by atoms with van der Waals surface area (Å²) >= 11 is 0. The predicted molar refractivity (Wildman–Crippen MR) is 66.2 cm³/mol. The molecule has 0 aliphatic carbocycles. The molecule has 0 N–H and O–H groups in total. The van der Waals surface area contributed by atoms with Gasteiger partial charge in [-0.25, -0.2) is 4.79 Å². The van der Waals surface area contributed by atoms with Crippen LogP contribution in [0.25, 0.3) is 0 Å². The highest BCUT2D eigenvalue weighted by molar-refractivity contribution is 5.87. The van der Waals surface area contributed by atoms with E-state index in [4.69, 9.17) is 4.74 Å². The SMILES string of the molecule is COC(=O)C1=CCCCN1Cc1ccccc1. The standard InChI is InChI=1S/C14H17NO2/c1-17-14(16)13-9-5-6-10-15(13)11-12-7-3-2-4-8-12/h2-4,7-9H,5-6,10-11H2,1H3. The van der Waals surface area contributed by atoms with E-state index in [9.17, 15) is 4.79 Å². The molecular weight excluding hydrogens is 214 g/mol. The molecule has 1 aromatic rings. The average molecular weight is 231 g/mol. The molecule has 0 amide bonds. The maximum Gasteiger partial charge on any atom is 0.353 e. The summed E-state index contributed by atoms with van der Waals surface area (Å²) in [4.78, 5) is 13.7. The molecule has 0 fully saturated rings. The summed E-state index contributed by atoms with van der Waals surface area (Å²) in [5.74, 6) is -0.236. The van der Waals surface area contributed by atoms with Gasteiger partial charge in [-0.15, -0.1) is 0 Å². The Balaban J connectivity index is 2.11. The van der Waals surface area contributed by atoms with Gasteiger partial charge in [-0.2, -0.15) is 0 Å². The summed E-state index contributed by atoms with van der Waals surface area (Å²) in [5.41, 5.74) is 1.91. The Hall–Kier alpha value is -1.77. The van der Waals surface area contributed by atoms with Crippen LogP contribution in [0.4, 0.5) is 0 Å². The van der Waals surface area contributed by atoms with Gasteiger partial charge in [0.05, 0.1) is 7.11 Å². The fourth-order valence-corrected chi connectivity index (χ4v) is 2.06. The lowest BCUT2D eigenvalue weighted by atomic mass is 10.1. The van der Waals surface area contributed by atoms with Crippen LogP contribution in [0.1, 0.15) is 18.4 Å². The van der Waals surface area contributed by atoms with Crippen molar-refractivity contribution in [1.29, 1.82) is 0 Å². The molecule has 1 aliphatic rings. The molecule has 1 aliphatic heterocycles. The molecule has 1 aromatic carbocycles. The molecule has 0 aromatic heterocycles. The molecule has 0 spiro atoms. The van der Waals surface area contributed by atoms with E-state index in [1.165, 1.54) is 12.7 Å². The van der Waals surface area contributed by atoms with Crippen LogP contribution in [0.2, 0.25) is 0 Å². The van der Waals surface area contributed by atoms with Gasteiger partial charge in [-0.3, -0.25) is 0 Å². The van der Waals surface area contributed by atoms with E-state index in [0.717, 1.165) is 25.9 Å². The minimum absolute atomic E-state index is 0.236. The van der Waals surface area contributed by atoms with Crippen LogP contribution in [0.15, 0.2) is 42.1 Å². The first-order valence-electron chi connectivity index (χ1n) is 5.88. The van der Waals surface area contributed by atoms with Crippen molar-refractivity contribution in [2.75, 3.05) is 13.7 Å². The second kappa shape index (κ2) is 5.53. The van der Waals surface area contributed by atoms with E-state index in [1.807, 2.05) is 24.3 Å². The number of allylic oxidation sites excluding steroid dienone is 1. The average Bonchev–Trinajstić information content (AvgIpc) is 2.40. The number of benzene rings is 1. The van der Waals surface area contributed by atoms with Gasteiger partial charge in [0.1, 0.15) is 5.70 Å². The third-order valence-electron chi connectivity index (χ3n) is 2.92. The fraction of sp³-hybridized carbons (Fsp3) is 0.357. The maximum absolute atomic E-state index is 11.6. The lowest BCUT2D eigenvalue weighted by Gasteiger charge is -2.29. The summed E-state index contributed by atoms with van der Waals surface area (Å²) in [7, 11) is 1.43. The monoisotopic (exact) mass is 231 g/mol. The lowest BCUT2D eigenvalue weighted by molar-refractivity contribution is -0.138. The van der Waals surface area contributed by atoms with Crippen molar-refractivity contribution in [2.24, 2.45) is 0 Å². The van der Waals surface area contributed by atoms with Gasteiger partial charge in [0, 0.05) is 13.1 Å². The zero-order valence-electron chi connectivity index (χ0n) is 10.1. The Labute approximate surface area is 102 Å². The van der Waals surface area contributed by atoms with Crippen molar-refractivity contribution in [2.45, 2.75) is 19.4 Å². The molecule has 17 heavy (non-hydrogen) atoms. The van der Waals surface area contributed by atoms with Gasteiger partial charge in [0.15, 0.2) is 0 Å². The van der Waals surface area contributed by atoms with Gasteiger partial charge in [0.25, 0.3) is 0 Å². The molecule has 3 heteroatoms. The minimum atomic E-state index is -0.236. The van der Waals surface area contributed by atoms with Crippen LogP contribution < -0.4 is 0 Å². The molecule has 2 rings (SSSR count). The van der Waals surface area contributed by atoms with Crippen molar-refractivity contribution in [3.63, 3.8) is 0 Å². The van der Waals surface area contributed by atoms with Crippen LogP contribution in [0.3, 0.4) is 0 Å². The third-order valence-corrected chi connectivity index (χ3v) is 2.92. The zero-order chi connectivity index (χ0) is 12.1. The summed E-state index contributed by atoms with van der Waals surface area (Å²) in [6, 6.07) is 10.2. The fourth-order valence-electron chi connectivity index (χ4n) is 2.06. The largest absolute Gasteiger partial charge is 0.464 e. The molecule has 1 heterocycles. The number of carbonyl (C=O) groups excluding carboxylic acids is 1. The first-order valence-corrected chi connectivity index (χ1v) is 5.88. The smallest absolute Gasteiger partial charge is 0.353 e. The van der Waals surface area contributed by atoms with Crippen LogP contribution in [-0.4, -0.2) is 24.5 Å². The van der Waals surface area contributed by atoms with Crippen molar-refractivity contribution >= 4 is 5.97 Å². The maximum atomic E-state index is 11.6. The van der Waals surface area contributed by atoms with E-state index >= 15 is 0 Å². The van der Waals surface area contributed by atoms with Crippen LogP contribution >= 0.6 is 0 Å². The Morgan fingerprint density at radius 2 is 2.12 bits per heavy atom. The Morgan fingerprint density at radius 1 is 1.35 bits per heavy atom. The van der Waals surface area contributed by atoms with E-state index in [2.05, 4.69) is 17.0 Å². The molecule has 0 unspecified atom stereocenters. The van der Waals surface area contributed by atoms with Crippen molar-refractivity contribution in [3.8, 4) is 0 Å². The highest BCUT2D eigenvalue weighted by Crippen LogP contribution is 2.18. The van der Waals surface area contributed by atoms with Gasteiger partial charge in [-0.1, -0.05) is 36.4 Å². The second-order valence-electron chi connectivity index (χ2n) is 4.13. The first kappa shape index (κ1) is 11.7. The van der Waals surface area contributed by atoms with Crippen LogP contribution in [0, 0.1) is 0 Å². The van der Waals surface area contributed by atoms with Gasteiger partial charge >= 0.3 is 5.97 Å². The molecular formula is C14H17NO2. The third kappa shape index (κ3) is 2.87. The molecule has 0 bridgehead atoms. The Kier molecular flexibility index (Phi) is 3.81. The summed E-state index contributed by atoms with van der Waals surface area (Å²) in [6.07, 6.45) is 4.02. The number of hydrogen-bond donors (Lipinski definition) is 0. The summed E-state index contributed by atoms with van der Waals surface area (Å²) in [6.45, 7) is 1.68. The summed E-state index contributed by atoms with van der Waals surface area (Å²) in [5, 5.41) is 0. The molecule has 90 valence electrons. The Morgan fingerprint density at radius 3 is 2.82 bits per heavy atom. The second-order valence-corrected chi connectivity index (χ2v) is 4.13. The van der Waals surface area contributed by atoms with E-state index < -0.39 is 0 Å². The van der Waals surface area contributed by atoms with E-state index in [0.29, 0.717) is 5.70 Å². The number of esters is 1. The lowest BCUT2D eigenvalue weighted by Crippen LogP contribution is -2.31. The molecule has 3 nitrogen and oxygen atoms in total. The molecule has 0 saturated heterocycles. The zero-order valence-corrected chi connectivity index (χ0v) is 10.1. The number of hydrogen-bond acceptors (Lipinski definition) is 3. The van der Waals surface area contributed by atoms with Crippen molar-refractivity contribution in [3.05, 3.63) is 47.7 Å². The number of ether oxygens (including phenoxy) is 1.